The molecule has 1 aliphatic heterocycles. The van der Waals surface area contributed by atoms with Gasteiger partial charge in [0.2, 0.25) is 0 Å². The molecule has 0 N–H and O–H groups in total. The lowest BCUT2D eigenvalue weighted by molar-refractivity contribution is -0.143. The number of allylic oxidation sites excluding steroid dienone is 2. The summed E-state index contributed by atoms with van der Waals surface area (Å²) >= 11 is 1.25. The molecule has 4 aromatic rings. The van der Waals surface area contributed by atoms with E-state index < -0.39 is 18.0 Å². The Bertz CT molecular complexity index is 1960. The van der Waals surface area contributed by atoms with Gasteiger partial charge in [0.1, 0.15) is 0 Å². The lowest BCUT2D eigenvalue weighted by atomic mass is 9.95. The van der Waals surface area contributed by atoms with E-state index in [0.717, 1.165) is 16.5 Å². The maximum absolute atomic E-state index is 14.2. The Morgan fingerprint density at radius 1 is 1.09 bits per heavy atom. The van der Waals surface area contributed by atoms with Gasteiger partial charge in [-0.15, -0.1) is 6.58 Å². The Balaban J connectivity index is 1.69. The zero-order chi connectivity index (χ0) is 31.4. The smallest absolute Gasteiger partial charge is 0.343 e. The van der Waals surface area contributed by atoms with E-state index in [4.69, 9.17) is 14.2 Å². The van der Waals surface area contributed by atoms with Gasteiger partial charge in [-0.25, -0.2) is 14.6 Å². The number of esters is 2. The largest absolute Gasteiger partial charge is 0.490 e. The quantitative estimate of drug-likeness (QED) is 0.186. The van der Waals surface area contributed by atoms with Crippen LogP contribution in [0.25, 0.3) is 17.0 Å². The summed E-state index contributed by atoms with van der Waals surface area (Å²) in [6.07, 6.45) is 5.69. The van der Waals surface area contributed by atoms with Gasteiger partial charge in [-0.3, -0.25) is 9.36 Å². The van der Waals surface area contributed by atoms with E-state index in [0.29, 0.717) is 45.2 Å². The van der Waals surface area contributed by atoms with Crippen LogP contribution in [0.5, 0.6) is 11.5 Å². The van der Waals surface area contributed by atoms with Crippen molar-refractivity contribution in [2.45, 2.75) is 33.4 Å². The molecule has 0 spiro atoms. The minimum Gasteiger partial charge on any atom is -0.490 e. The van der Waals surface area contributed by atoms with E-state index in [9.17, 15) is 14.4 Å². The summed E-state index contributed by atoms with van der Waals surface area (Å²) in [4.78, 5) is 44.3. The van der Waals surface area contributed by atoms with Crippen molar-refractivity contribution in [2.75, 3.05) is 26.9 Å². The third-order valence-corrected chi connectivity index (χ3v) is 8.09. The average molecular weight is 616 g/mol. The zero-order valence-electron chi connectivity index (χ0n) is 25.0. The number of methoxy groups -OCH3 is 1. The monoisotopic (exact) mass is 615 g/mol. The molecule has 0 amide bonds. The lowest BCUT2D eigenvalue weighted by Crippen LogP contribution is -2.40. The molecule has 2 aromatic carbocycles. The van der Waals surface area contributed by atoms with Crippen LogP contribution in [0.1, 0.15) is 37.9 Å². The van der Waals surface area contributed by atoms with Crippen LogP contribution < -0.4 is 24.4 Å². The normalized spacial score (nSPS) is 14.6. The number of nitrogens with zero attached hydrogens (tertiary/aromatic N) is 3. The number of carbonyl (C=O) groups excluding carboxylic acids is 2. The molecule has 11 heteroatoms. The number of aromatic nitrogens is 2. The molecule has 0 saturated heterocycles. The fourth-order valence-electron chi connectivity index (χ4n) is 5.21. The van der Waals surface area contributed by atoms with Crippen molar-refractivity contribution < 1.29 is 28.5 Å². The molecule has 3 heterocycles. The fourth-order valence-corrected chi connectivity index (χ4v) is 6.24. The van der Waals surface area contributed by atoms with Crippen molar-refractivity contribution in [3.63, 3.8) is 0 Å². The number of hydrogen-bond donors (Lipinski definition) is 0. The minimum absolute atomic E-state index is 0.159. The maximum Gasteiger partial charge on any atom is 0.343 e. The first-order valence-electron chi connectivity index (χ1n) is 14.2. The van der Waals surface area contributed by atoms with Crippen molar-refractivity contribution in [1.29, 1.82) is 0 Å². The van der Waals surface area contributed by atoms with Gasteiger partial charge in [-0.05, 0) is 50.6 Å². The highest BCUT2D eigenvalue weighted by molar-refractivity contribution is 7.07. The number of carbonyl (C=O) groups is 2. The second-order valence-corrected chi connectivity index (χ2v) is 10.9. The third-order valence-electron chi connectivity index (χ3n) is 7.11. The molecule has 44 heavy (non-hydrogen) atoms. The topological polar surface area (TPSA) is 110 Å². The van der Waals surface area contributed by atoms with Crippen LogP contribution >= 0.6 is 11.3 Å². The highest BCUT2D eigenvalue weighted by Crippen LogP contribution is 2.36. The third kappa shape index (κ3) is 5.83. The van der Waals surface area contributed by atoms with E-state index in [2.05, 4.69) is 20.9 Å². The zero-order valence-corrected chi connectivity index (χ0v) is 25.8. The van der Waals surface area contributed by atoms with Crippen LogP contribution in [0.15, 0.2) is 82.4 Å². The molecule has 1 aliphatic rings. The number of benzene rings is 2. The predicted octanol–water partition coefficient (Wildman–Crippen LogP) is 3.89. The number of fused-ring (bicyclic) bond motifs is 2. The van der Waals surface area contributed by atoms with Crippen molar-refractivity contribution in [2.24, 2.45) is 4.99 Å². The SMILES string of the molecule is C=CCn1cc(/C=c2/sc3n(c2=O)[C@H](c2ccc(OCC(=O)OC)c(OCC)c2)C(C(=O)OCC)=C(C)N=3)c2ccccc21. The lowest BCUT2D eigenvalue weighted by Gasteiger charge is -2.25. The Labute approximate surface area is 257 Å². The highest BCUT2D eigenvalue weighted by atomic mass is 32.1. The van der Waals surface area contributed by atoms with Crippen molar-refractivity contribution in [3.8, 4) is 11.5 Å². The number of ether oxygens (including phenoxy) is 4. The van der Waals surface area contributed by atoms with Crippen molar-refractivity contribution in [3.05, 3.63) is 103 Å². The molecule has 0 radical (unpaired) electrons. The summed E-state index contributed by atoms with van der Waals surface area (Å²) in [5.74, 6) is -0.435. The second kappa shape index (κ2) is 13.2. The van der Waals surface area contributed by atoms with Gasteiger partial charge in [0.15, 0.2) is 22.9 Å². The van der Waals surface area contributed by atoms with Crippen molar-refractivity contribution in [1.82, 2.24) is 9.13 Å². The number of rotatable bonds is 11. The van der Waals surface area contributed by atoms with Crippen LogP contribution in [-0.2, 0) is 25.6 Å². The standard InChI is InChI=1S/C33H33N3O7S/c1-6-15-35-18-22(23-11-9-10-12-24(23)35)17-27-31(38)36-30(29(32(39)42-8-3)20(4)34-33(36)44-27)21-13-14-25(26(16-21)41-7-2)43-19-28(37)40-5/h6,9-14,16-18,30H,1,7-8,15,19H2,2-5H3/b27-17+/t30-/m1/s1. The highest BCUT2D eigenvalue weighted by Gasteiger charge is 2.34. The molecule has 1 atom stereocenters. The van der Waals surface area contributed by atoms with Crippen LogP contribution in [0.4, 0.5) is 0 Å². The Morgan fingerprint density at radius 3 is 2.61 bits per heavy atom. The number of hydrogen-bond acceptors (Lipinski definition) is 9. The summed E-state index contributed by atoms with van der Waals surface area (Å²) in [6.45, 7) is 9.94. The van der Waals surface area contributed by atoms with Crippen LogP contribution in [0.3, 0.4) is 0 Å². The van der Waals surface area contributed by atoms with Gasteiger partial charge in [-0.1, -0.05) is 41.7 Å². The minimum atomic E-state index is -0.844. The predicted molar refractivity (Wildman–Crippen MR) is 168 cm³/mol. The van der Waals surface area contributed by atoms with Gasteiger partial charge in [0.25, 0.3) is 5.56 Å². The molecule has 2 aromatic heterocycles. The van der Waals surface area contributed by atoms with Gasteiger partial charge in [-0.2, -0.15) is 0 Å². The summed E-state index contributed by atoms with van der Waals surface area (Å²) in [5, 5.41) is 1.00. The number of thiazole rings is 1. The maximum atomic E-state index is 14.2. The first kappa shape index (κ1) is 30.6. The molecule has 0 bridgehead atoms. The summed E-state index contributed by atoms with van der Waals surface area (Å²) in [7, 11) is 1.28. The molecule has 228 valence electrons. The molecule has 0 fully saturated rings. The van der Waals surface area contributed by atoms with E-state index >= 15 is 0 Å². The molecule has 0 unspecified atom stereocenters. The second-order valence-electron chi connectivity index (χ2n) is 9.85. The van der Waals surface area contributed by atoms with Gasteiger partial charge in [0.05, 0.1) is 42.2 Å². The van der Waals surface area contributed by atoms with E-state index in [1.165, 1.54) is 23.0 Å². The molecular formula is C33H33N3O7S. The van der Waals surface area contributed by atoms with Gasteiger partial charge < -0.3 is 23.5 Å². The van der Waals surface area contributed by atoms with Crippen molar-refractivity contribution >= 4 is 40.3 Å². The van der Waals surface area contributed by atoms with Gasteiger partial charge >= 0.3 is 11.9 Å². The van der Waals surface area contributed by atoms with Gasteiger partial charge in [0, 0.05) is 29.2 Å². The number of para-hydroxylation sites is 1. The molecule has 10 nitrogen and oxygen atoms in total. The molecular weight excluding hydrogens is 582 g/mol. The van der Waals surface area contributed by atoms with Crippen LogP contribution in [-0.4, -0.2) is 48.0 Å². The van der Waals surface area contributed by atoms with Crippen LogP contribution in [0.2, 0.25) is 0 Å². The van der Waals surface area contributed by atoms with E-state index in [-0.39, 0.29) is 24.3 Å². The Kier molecular flexibility index (Phi) is 9.15. The van der Waals surface area contributed by atoms with E-state index in [1.807, 2.05) is 49.5 Å². The first-order chi connectivity index (χ1) is 21.3. The average Bonchev–Trinajstić information content (AvgIpc) is 3.52. The Hall–Kier alpha value is -4.90. The fraction of sp³-hybridized carbons (Fsp3) is 0.273. The summed E-state index contributed by atoms with van der Waals surface area (Å²) < 4.78 is 25.6. The Morgan fingerprint density at radius 2 is 1.89 bits per heavy atom. The molecule has 0 aliphatic carbocycles. The van der Waals surface area contributed by atoms with E-state index in [1.54, 1.807) is 32.0 Å². The summed E-state index contributed by atoms with van der Waals surface area (Å²) in [5.41, 5.74) is 2.91. The summed E-state index contributed by atoms with van der Waals surface area (Å²) in [6, 6.07) is 12.2. The van der Waals surface area contributed by atoms with Crippen LogP contribution in [0, 0.1) is 0 Å². The molecule has 5 rings (SSSR count). The first-order valence-corrected chi connectivity index (χ1v) is 15.0. The molecule has 0 saturated carbocycles.